The van der Waals surface area contributed by atoms with Gasteiger partial charge in [-0.25, -0.2) is 9.97 Å². The van der Waals surface area contributed by atoms with Crippen LogP contribution >= 0.6 is 0 Å². The molecule has 2 N–H and O–H groups in total. The predicted molar refractivity (Wildman–Crippen MR) is 138 cm³/mol. The molecule has 0 aliphatic carbocycles. The van der Waals surface area contributed by atoms with Crippen LogP contribution in [-0.2, 0) is 11.2 Å². The lowest BCUT2D eigenvalue weighted by Crippen LogP contribution is -2.38. The first kappa shape index (κ1) is 24.1. The van der Waals surface area contributed by atoms with Gasteiger partial charge in [-0.3, -0.25) is 9.78 Å². The molecule has 0 radical (unpaired) electrons. The number of carbonyl (C=O) groups is 1. The highest BCUT2D eigenvalue weighted by atomic mass is 16.5. The highest BCUT2D eigenvalue weighted by Crippen LogP contribution is 2.26. The number of anilines is 2. The number of aromatic nitrogens is 3. The van der Waals surface area contributed by atoms with E-state index in [1.807, 2.05) is 30.3 Å². The van der Waals surface area contributed by atoms with Crippen molar-refractivity contribution in [1.82, 2.24) is 19.9 Å². The van der Waals surface area contributed by atoms with Gasteiger partial charge in [-0.15, -0.1) is 0 Å². The number of ketones is 1. The second kappa shape index (κ2) is 11.0. The van der Waals surface area contributed by atoms with Crippen molar-refractivity contribution in [2.24, 2.45) is 0 Å². The second-order valence-corrected chi connectivity index (χ2v) is 9.36. The fourth-order valence-corrected chi connectivity index (χ4v) is 4.78. The number of piperidine rings is 1. The summed E-state index contributed by atoms with van der Waals surface area (Å²) in [4.78, 5) is 30.9. The minimum atomic E-state index is -0.189. The number of ether oxygens (including phenoxy) is 2. The summed E-state index contributed by atoms with van der Waals surface area (Å²) in [5.74, 6) is 0.763. The van der Waals surface area contributed by atoms with Crippen LogP contribution in [-0.4, -0.2) is 78.2 Å². The molecule has 0 saturated carbocycles. The molecule has 2 aliphatic rings. The summed E-state index contributed by atoms with van der Waals surface area (Å²) in [5, 5.41) is 0. The Hall–Kier alpha value is -3.56. The van der Waals surface area contributed by atoms with E-state index in [1.54, 1.807) is 18.6 Å². The fourth-order valence-electron chi connectivity index (χ4n) is 4.78. The summed E-state index contributed by atoms with van der Waals surface area (Å²) in [6.45, 7) is 4.93. The molecule has 2 fully saturated rings. The number of pyridine rings is 1. The summed E-state index contributed by atoms with van der Waals surface area (Å²) in [5.41, 5.74) is 9.53. The number of morpholine rings is 1. The Labute approximate surface area is 211 Å². The molecule has 5 rings (SSSR count). The Morgan fingerprint density at radius 1 is 1.14 bits per heavy atom. The van der Waals surface area contributed by atoms with Crippen molar-refractivity contribution in [1.29, 1.82) is 0 Å². The average molecular weight is 489 g/mol. The van der Waals surface area contributed by atoms with Crippen LogP contribution in [0.2, 0.25) is 0 Å². The van der Waals surface area contributed by atoms with Gasteiger partial charge in [-0.2, -0.15) is 0 Å². The lowest BCUT2D eigenvalue weighted by molar-refractivity contribution is 0.0988. The molecule has 2 aromatic heterocycles. The quantitative estimate of drug-likeness (QED) is 0.502. The zero-order valence-corrected chi connectivity index (χ0v) is 20.6. The molecule has 2 aliphatic heterocycles. The van der Waals surface area contributed by atoms with Crippen molar-refractivity contribution < 1.29 is 14.3 Å². The van der Waals surface area contributed by atoms with Gasteiger partial charge in [0, 0.05) is 55.3 Å². The molecular formula is C27H32N6O3. The summed E-state index contributed by atoms with van der Waals surface area (Å²) < 4.78 is 11.6. The van der Waals surface area contributed by atoms with E-state index in [0.717, 1.165) is 61.6 Å². The number of carbonyl (C=O) groups excluding carboxylic acids is 1. The average Bonchev–Trinajstić information content (AvgIpc) is 2.90. The van der Waals surface area contributed by atoms with Crippen molar-refractivity contribution >= 4 is 17.3 Å². The van der Waals surface area contributed by atoms with E-state index in [4.69, 9.17) is 15.2 Å². The maximum atomic E-state index is 13.3. The topological polar surface area (TPSA) is 107 Å². The number of likely N-dealkylation sites (N-methyl/N-ethyl adjacent to an activating group) is 1. The Bertz CT molecular complexity index is 1200. The van der Waals surface area contributed by atoms with Crippen LogP contribution in [0.3, 0.4) is 0 Å². The van der Waals surface area contributed by atoms with Crippen molar-refractivity contribution in [3.05, 3.63) is 60.2 Å². The highest BCUT2D eigenvalue weighted by Gasteiger charge is 2.21. The number of rotatable bonds is 7. The van der Waals surface area contributed by atoms with Gasteiger partial charge in [0.1, 0.15) is 17.5 Å². The summed E-state index contributed by atoms with van der Waals surface area (Å²) in [7, 11) is 2.12. The number of nitrogens with zero attached hydrogens (tertiary/aromatic N) is 5. The second-order valence-electron chi connectivity index (χ2n) is 9.36. The van der Waals surface area contributed by atoms with Gasteiger partial charge in [0.2, 0.25) is 0 Å². The first-order valence-corrected chi connectivity index (χ1v) is 12.4. The van der Waals surface area contributed by atoms with Crippen molar-refractivity contribution in [3.63, 3.8) is 0 Å². The van der Waals surface area contributed by atoms with Crippen molar-refractivity contribution in [3.8, 4) is 17.0 Å². The molecule has 3 aromatic rings. The molecular weight excluding hydrogens is 456 g/mol. The molecule has 2 saturated heterocycles. The first-order valence-electron chi connectivity index (χ1n) is 12.4. The van der Waals surface area contributed by atoms with Crippen LogP contribution in [0.4, 0.5) is 11.5 Å². The Morgan fingerprint density at radius 2 is 1.94 bits per heavy atom. The molecule has 188 valence electrons. The Balaban J connectivity index is 1.31. The van der Waals surface area contributed by atoms with E-state index >= 15 is 0 Å². The SMILES string of the molecule is CN1CCCC(Oc2ccc(-c3cnc(N)c(C(=O)Cc4cnccc4N4CCOCC4)n3)cc2)C1. The van der Waals surface area contributed by atoms with E-state index < -0.39 is 0 Å². The van der Waals surface area contributed by atoms with E-state index in [1.165, 1.54) is 0 Å². The van der Waals surface area contributed by atoms with Crippen LogP contribution in [0.25, 0.3) is 11.3 Å². The largest absolute Gasteiger partial charge is 0.489 e. The normalized spacial score (nSPS) is 18.7. The molecule has 1 atom stereocenters. The van der Waals surface area contributed by atoms with E-state index in [0.29, 0.717) is 18.9 Å². The predicted octanol–water partition coefficient (Wildman–Crippen LogP) is 2.86. The summed E-state index contributed by atoms with van der Waals surface area (Å²) in [6, 6.07) is 9.69. The van der Waals surface area contributed by atoms with Crippen LogP contribution in [0.15, 0.2) is 48.9 Å². The van der Waals surface area contributed by atoms with Crippen LogP contribution in [0.1, 0.15) is 28.9 Å². The fraction of sp³-hybridized carbons (Fsp3) is 0.407. The Morgan fingerprint density at radius 3 is 2.72 bits per heavy atom. The molecule has 1 unspecified atom stereocenters. The summed E-state index contributed by atoms with van der Waals surface area (Å²) in [6.07, 6.45) is 7.62. The zero-order chi connectivity index (χ0) is 24.9. The first-order chi connectivity index (χ1) is 17.6. The monoisotopic (exact) mass is 488 g/mol. The number of hydrogen-bond acceptors (Lipinski definition) is 9. The van der Waals surface area contributed by atoms with Gasteiger partial charge in [-0.1, -0.05) is 0 Å². The third-order valence-electron chi connectivity index (χ3n) is 6.68. The number of nitrogen functional groups attached to an aromatic ring is 1. The number of hydrogen-bond donors (Lipinski definition) is 1. The molecule has 0 spiro atoms. The third kappa shape index (κ3) is 5.63. The van der Waals surface area contributed by atoms with Gasteiger partial charge in [-0.05, 0) is 56.8 Å². The standard InChI is InChI=1S/C27H32N6O3/c1-32-10-2-3-22(18-32)36-21-6-4-19(5-7-21)23-17-30-27(28)26(31-23)25(34)15-20-16-29-9-8-24(20)33-11-13-35-14-12-33/h4-9,16-17,22H,2-3,10-15,18H2,1H3,(H2,28,30). The molecule has 0 bridgehead atoms. The zero-order valence-electron chi connectivity index (χ0n) is 20.6. The number of likely N-dealkylation sites (tertiary alicyclic amines) is 1. The molecule has 4 heterocycles. The van der Waals surface area contributed by atoms with E-state index in [-0.39, 0.29) is 29.8 Å². The van der Waals surface area contributed by atoms with Crippen LogP contribution in [0.5, 0.6) is 5.75 Å². The van der Waals surface area contributed by atoms with Crippen LogP contribution in [0, 0.1) is 0 Å². The van der Waals surface area contributed by atoms with E-state index in [9.17, 15) is 4.79 Å². The van der Waals surface area contributed by atoms with Gasteiger partial charge >= 0.3 is 0 Å². The smallest absolute Gasteiger partial charge is 0.189 e. The van der Waals surface area contributed by atoms with Gasteiger partial charge in [0.15, 0.2) is 11.6 Å². The van der Waals surface area contributed by atoms with Gasteiger partial charge in [0.05, 0.1) is 25.1 Å². The van der Waals surface area contributed by atoms with Gasteiger partial charge < -0.3 is 25.0 Å². The number of benzene rings is 1. The van der Waals surface area contributed by atoms with Crippen molar-refractivity contribution in [2.45, 2.75) is 25.4 Å². The molecule has 9 nitrogen and oxygen atoms in total. The molecule has 0 amide bonds. The van der Waals surface area contributed by atoms with E-state index in [2.05, 4.69) is 31.8 Å². The van der Waals surface area contributed by atoms with Crippen LogP contribution < -0.4 is 15.4 Å². The number of nitrogens with two attached hydrogens (primary N) is 1. The lowest BCUT2D eigenvalue weighted by Gasteiger charge is -2.30. The lowest BCUT2D eigenvalue weighted by atomic mass is 10.1. The molecule has 9 heteroatoms. The Kier molecular flexibility index (Phi) is 7.39. The minimum absolute atomic E-state index is 0.127. The molecule has 1 aromatic carbocycles. The summed E-state index contributed by atoms with van der Waals surface area (Å²) >= 11 is 0. The maximum absolute atomic E-state index is 13.3. The number of Topliss-reactive ketones (excluding diaryl/α,β-unsaturated/α-hetero) is 1. The van der Waals surface area contributed by atoms with Crippen molar-refractivity contribution in [2.75, 3.05) is 57.1 Å². The maximum Gasteiger partial charge on any atom is 0.189 e. The van der Waals surface area contributed by atoms with Gasteiger partial charge in [0.25, 0.3) is 0 Å². The molecule has 36 heavy (non-hydrogen) atoms. The minimum Gasteiger partial charge on any atom is -0.489 e. The highest BCUT2D eigenvalue weighted by molar-refractivity contribution is 6.00. The third-order valence-corrected chi connectivity index (χ3v) is 6.68.